The molecule has 6 nitrogen and oxygen atoms in total. The van der Waals surface area contributed by atoms with Crippen LogP contribution in [0.25, 0.3) is 16.0 Å². The lowest BCUT2D eigenvalue weighted by molar-refractivity contribution is -0.132. The molecule has 1 unspecified atom stereocenters. The average molecular weight is 499 g/mol. The van der Waals surface area contributed by atoms with Crippen molar-refractivity contribution in [2.75, 3.05) is 11.5 Å². The first-order chi connectivity index (χ1) is 17.4. The lowest BCUT2D eigenvalue weighted by Crippen LogP contribution is -2.29. The average Bonchev–Trinajstić information content (AvgIpc) is 3.41. The van der Waals surface area contributed by atoms with Crippen LogP contribution >= 0.6 is 11.3 Å². The molecule has 2 heterocycles. The number of amides is 1. The standard InChI is InChI=1S/C29H26N2O4S/c1-4-18-10-12-19(13-11-18)25-24(26(32)20-7-6-8-21(16-20)35-5-2)27(33)28(34)31(25)29-30-22-14-9-17(3)15-23(22)36-29/h6-16,25,32H,4-5H2,1-3H3. The maximum atomic E-state index is 13.4. The van der Waals surface area contributed by atoms with Gasteiger partial charge in [0, 0.05) is 5.56 Å². The summed E-state index contributed by atoms with van der Waals surface area (Å²) in [5.74, 6) is -1.12. The molecule has 5 rings (SSSR count). The lowest BCUT2D eigenvalue weighted by Gasteiger charge is -2.23. The fourth-order valence-electron chi connectivity index (χ4n) is 4.46. The van der Waals surface area contributed by atoms with Gasteiger partial charge in [-0.05, 0) is 61.2 Å². The molecule has 4 aromatic rings. The molecule has 1 amide bonds. The zero-order valence-corrected chi connectivity index (χ0v) is 21.1. The molecule has 1 fully saturated rings. The van der Waals surface area contributed by atoms with Crippen molar-refractivity contribution in [3.63, 3.8) is 0 Å². The van der Waals surface area contributed by atoms with Crippen molar-refractivity contribution in [2.45, 2.75) is 33.2 Å². The minimum atomic E-state index is -0.812. The Labute approximate surface area is 213 Å². The van der Waals surface area contributed by atoms with Crippen molar-refractivity contribution in [1.29, 1.82) is 0 Å². The number of Topliss-reactive ketones (excluding diaryl/α,β-unsaturated/α-hetero) is 1. The van der Waals surface area contributed by atoms with Gasteiger partial charge in [0.1, 0.15) is 11.5 Å². The summed E-state index contributed by atoms with van der Waals surface area (Å²) >= 11 is 1.36. The highest BCUT2D eigenvalue weighted by molar-refractivity contribution is 7.22. The molecule has 1 saturated heterocycles. The molecule has 36 heavy (non-hydrogen) atoms. The number of rotatable bonds is 6. The summed E-state index contributed by atoms with van der Waals surface area (Å²) in [6.07, 6.45) is 0.863. The third-order valence-electron chi connectivity index (χ3n) is 6.31. The van der Waals surface area contributed by atoms with Crippen LogP contribution < -0.4 is 9.64 Å². The molecule has 182 valence electrons. The van der Waals surface area contributed by atoms with Crippen molar-refractivity contribution in [3.8, 4) is 5.75 Å². The highest BCUT2D eigenvalue weighted by Gasteiger charge is 2.48. The molecule has 3 aromatic carbocycles. The van der Waals surface area contributed by atoms with Crippen molar-refractivity contribution in [3.05, 3.63) is 94.6 Å². The predicted octanol–water partition coefficient (Wildman–Crippen LogP) is 6.19. The van der Waals surface area contributed by atoms with Gasteiger partial charge in [-0.2, -0.15) is 0 Å². The molecule has 1 aromatic heterocycles. The Morgan fingerprint density at radius 2 is 1.83 bits per heavy atom. The van der Waals surface area contributed by atoms with Crippen LogP contribution in [0.15, 0.2) is 72.3 Å². The molecule has 0 spiro atoms. The Hall–Kier alpha value is -3.97. The third kappa shape index (κ3) is 4.16. The zero-order valence-electron chi connectivity index (χ0n) is 20.3. The van der Waals surface area contributed by atoms with Crippen LogP contribution in [0, 0.1) is 6.92 Å². The summed E-state index contributed by atoms with van der Waals surface area (Å²) in [4.78, 5) is 33.0. The first-order valence-corrected chi connectivity index (χ1v) is 12.7. The van der Waals surface area contributed by atoms with E-state index in [-0.39, 0.29) is 11.3 Å². The van der Waals surface area contributed by atoms with E-state index in [1.165, 1.54) is 16.2 Å². The minimum absolute atomic E-state index is 0.0355. The lowest BCUT2D eigenvalue weighted by atomic mass is 9.94. The number of aliphatic hydroxyl groups is 1. The number of ether oxygens (including phenoxy) is 1. The Balaban J connectivity index is 1.70. The highest BCUT2D eigenvalue weighted by Crippen LogP contribution is 2.44. The Morgan fingerprint density at radius 1 is 1.06 bits per heavy atom. The number of ketones is 1. The second-order valence-electron chi connectivity index (χ2n) is 8.69. The van der Waals surface area contributed by atoms with Crippen LogP contribution in [0.3, 0.4) is 0 Å². The van der Waals surface area contributed by atoms with E-state index >= 15 is 0 Å². The molecule has 0 radical (unpaired) electrons. The summed E-state index contributed by atoms with van der Waals surface area (Å²) in [7, 11) is 0. The van der Waals surface area contributed by atoms with Gasteiger partial charge in [-0.15, -0.1) is 0 Å². The number of hydrogen-bond donors (Lipinski definition) is 1. The fourth-order valence-corrected chi connectivity index (χ4v) is 5.55. The molecule has 1 aliphatic heterocycles. The first-order valence-electron chi connectivity index (χ1n) is 11.9. The number of hydrogen-bond acceptors (Lipinski definition) is 6. The molecule has 0 bridgehead atoms. The van der Waals surface area contributed by atoms with Crippen LogP contribution in [-0.2, 0) is 16.0 Å². The van der Waals surface area contributed by atoms with Crippen LogP contribution in [0.2, 0.25) is 0 Å². The van der Waals surface area contributed by atoms with E-state index in [2.05, 4.69) is 11.9 Å². The van der Waals surface area contributed by atoms with Crippen LogP contribution in [-0.4, -0.2) is 28.4 Å². The fraction of sp³-hybridized carbons (Fsp3) is 0.207. The van der Waals surface area contributed by atoms with Gasteiger partial charge in [-0.3, -0.25) is 14.5 Å². The number of aryl methyl sites for hydroxylation is 2. The normalized spacial score (nSPS) is 17.2. The Kier molecular flexibility index (Phi) is 6.33. The summed E-state index contributed by atoms with van der Waals surface area (Å²) < 4.78 is 6.50. The maximum absolute atomic E-state index is 13.4. The summed E-state index contributed by atoms with van der Waals surface area (Å²) in [5, 5.41) is 11.8. The van der Waals surface area contributed by atoms with Gasteiger partial charge in [-0.25, -0.2) is 4.98 Å². The third-order valence-corrected chi connectivity index (χ3v) is 7.32. The molecule has 7 heteroatoms. The van der Waals surface area contributed by atoms with Gasteiger partial charge < -0.3 is 9.84 Å². The second kappa shape index (κ2) is 9.59. The number of carbonyl (C=O) groups is 2. The predicted molar refractivity (Wildman–Crippen MR) is 143 cm³/mol. The summed E-state index contributed by atoms with van der Waals surface area (Å²) in [6.45, 7) is 6.40. The SMILES string of the molecule is CCOc1cccc(C(O)=C2C(=O)C(=O)N(c3nc4ccc(C)cc4s3)C2c2ccc(CC)cc2)c1. The van der Waals surface area contributed by atoms with Crippen LogP contribution in [0.5, 0.6) is 5.75 Å². The van der Waals surface area contributed by atoms with Gasteiger partial charge in [0.05, 0.1) is 28.4 Å². The first kappa shape index (κ1) is 23.8. The number of fused-ring (bicyclic) bond motifs is 1. The zero-order chi connectivity index (χ0) is 25.4. The van der Waals surface area contributed by atoms with E-state index in [0.717, 1.165) is 33.3 Å². The van der Waals surface area contributed by atoms with E-state index < -0.39 is 17.7 Å². The number of aromatic nitrogens is 1. The molecular formula is C29H26N2O4S. The molecule has 1 atom stereocenters. The molecule has 1 aliphatic rings. The number of thiazole rings is 1. The summed E-state index contributed by atoms with van der Waals surface area (Å²) in [6, 6.07) is 19.7. The monoisotopic (exact) mass is 498 g/mol. The van der Waals surface area contributed by atoms with E-state index in [9.17, 15) is 14.7 Å². The maximum Gasteiger partial charge on any atom is 0.301 e. The van der Waals surface area contributed by atoms with Crippen molar-refractivity contribution in [1.82, 2.24) is 4.98 Å². The van der Waals surface area contributed by atoms with Gasteiger partial charge in [0.25, 0.3) is 5.78 Å². The van der Waals surface area contributed by atoms with Gasteiger partial charge in [0.2, 0.25) is 0 Å². The quantitative estimate of drug-likeness (QED) is 0.195. The topological polar surface area (TPSA) is 79.7 Å². The van der Waals surface area contributed by atoms with Crippen molar-refractivity contribution in [2.24, 2.45) is 0 Å². The number of benzene rings is 3. The Morgan fingerprint density at radius 3 is 2.56 bits per heavy atom. The van der Waals surface area contributed by atoms with Crippen molar-refractivity contribution >= 4 is 44.1 Å². The number of carbonyl (C=O) groups excluding carboxylic acids is 2. The van der Waals surface area contributed by atoms with Gasteiger partial charge in [-0.1, -0.05) is 60.7 Å². The van der Waals surface area contributed by atoms with Crippen LogP contribution in [0.1, 0.15) is 42.1 Å². The van der Waals surface area contributed by atoms with Gasteiger partial charge in [0.15, 0.2) is 5.13 Å². The largest absolute Gasteiger partial charge is 0.507 e. The van der Waals surface area contributed by atoms with Crippen LogP contribution in [0.4, 0.5) is 5.13 Å². The summed E-state index contributed by atoms with van der Waals surface area (Å²) in [5.41, 5.74) is 4.15. The molecular weight excluding hydrogens is 472 g/mol. The van der Waals surface area contributed by atoms with E-state index in [0.29, 0.717) is 23.1 Å². The van der Waals surface area contributed by atoms with Gasteiger partial charge >= 0.3 is 5.91 Å². The second-order valence-corrected chi connectivity index (χ2v) is 9.70. The van der Waals surface area contributed by atoms with E-state index in [1.807, 2.05) is 56.3 Å². The molecule has 1 N–H and O–H groups in total. The van der Waals surface area contributed by atoms with E-state index in [4.69, 9.17) is 4.74 Å². The highest BCUT2D eigenvalue weighted by atomic mass is 32.1. The number of anilines is 1. The number of nitrogens with zero attached hydrogens (tertiary/aromatic N) is 2. The molecule has 0 aliphatic carbocycles. The molecule has 0 saturated carbocycles. The number of aliphatic hydroxyl groups excluding tert-OH is 1. The smallest absolute Gasteiger partial charge is 0.301 e. The van der Waals surface area contributed by atoms with E-state index in [1.54, 1.807) is 24.3 Å². The van der Waals surface area contributed by atoms with Crippen molar-refractivity contribution < 1.29 is 19.4 Å². The Bertz CT molecular complexity index is 1500. The minimum Gasteiger partial charge on any atom is -0.507 e.